The van der Waals surface area contributed by atoms with Crippen LogP contribution in [-0.2, 0) is 17.8 Å². The van der Waals surface area contributed by atoms with E-state index in [9.17, 15) is 14.9 Å². The number of nitrogens with two attached hydrogens (primary N) is 1. The average molecular weight is 304 g/mol. The number of rotatable bonds is 6. The van der Waals surface area contributed by atoms with E-state index in [2.05, 4.69) is 5.10 Å². The number of non-ortho nitro benzene ring substituents is 1. The lowest BCUT2D eigenvalue weighted by molar-refractivity contribution is -0.384. The van der Waals surface area contributed by atoms with Crippen LogP contribution >= 0.6 is 0 Å². The summed E-state index contributed by atoms with van der Waals surface area (Å²) in [5.74, 6) is 0. The number of nitro groups is 1. The van der Waals surface area contributed by atoms with Crippen LogP contribution in [0, 0.1) is 10.1 Å². The Labute approximate surface area is 126 Å². The first-order valence-electron chi connectivity index (χ1n) is 6.61. The molecule has 0 spiro atoms. The van der Waals surface area contributed by atoms with Crippen LogP contribution in [0.1, 0.15) is 5.56 Å². The largest absolute Gasteiger partial charge is 0.383 e. The standard InChI is InChI=1S/C14H16N4O4/c1-22-7-6-17-14(19)11(9-15)8-13(16-17)10-2-4-12(5-3-10)18(20)21/h2-5,8H,6-7,9,15H2,1H3. The van der Waals surface area contributed by atoms with Crippen LogP contribution in [0.25, 0.3) is 11.3 Å². The molecule has 0 aliphatic rings. The van der Waals surface area contributed by atoms with Gasteiger partial charge in [-0.1, -0.05) is 0 Å². The van der Waals surface area contributed by atoms with Gasteiger partial charge in [-0.3, -0.25) is 14.9 Å². The normalized spacial score (nSPS) is 10.6. The first-order valence-corrected chi connectivity index (χ1v) is 6.61. The van der Waals surface area contributed by atoms with Crippen molar-refractivity contribution in [3.05, 3.63) is 56.4 Å². The molecule has 0 radical (unpaired) electrons. The Kier molecular flexibility index (Phi) is 4.97. The summed E-state index contributed by atoms with van der Waals surface area (Å²) >= 11 is 0. The summed E-state index contributed by atoms with van der Waals surface area (Å²) < 4.78 is 6.25. The van der Waals surface area contributed by atoms with E-state index in [0.717, 1.165) is 0 Å². The van der Waals surface area contributed by atoms with Crippen LogP contribution in [0.4, 0.5) is 5.69 Å². The maximum atomic E-state index is 12.1. The van der Waals surface area contributed by atoms with Gasteiger partial charge in [0.25, 0.3) is 11.2 Å². The third-order valence-corrected chi connectivity index (χ3v) is 3.15. The highest BCUT2D eigenvalue weighted by Gasteiger charge is 2.11. The summed E-state index contributed by atoms with van der Waals surface area (Å²) in [6.07, 6.45) is 0. The molecular weight excluding hydrogens is 288 g/mol. The molecule has 2 N–H and O–H groups in total. The van der Waals surface area contributed by atoms with Gasteiger partial charge in [-0.05, 0) is 18.2 Å². The maximum absolute atomic E-state index is 12.1. The van der Waals surface area contributed by atoms with Crippen molar-refractivity contribution >= 4 is 5.69 Å². The highest BCUT2D eigenvalue weighted by Crippen LogP contribution is 2.20. The molecule has 1 aromatic heterocycles. The Balaban J connectivity index is 2.45. The van der Waals surface area contributed by atoms with Crippen molar-refractivity contribution in [1.29, 1.82) is 0 Å². The van der Waals surface area contributed by atoms with Gasteiger partial charge >= 0.3 is 0 Å². The lowest BCUT2D eigenvalue weighted by Crippen LogP contribution is -2.29. The number of hydrogen-bond acceptors (Lipinski definition) is 6. The van der Waals surface area contributed by atoms with Crippen molar-refractivity contribution in [2.24, 2.45) is 5.73 Å². The number of aromatic nitrogens is 2. The van der Waals surface area contributed by atoms with Gasteiger partial charge in [-0.15, -0.1) is 0 Å². The molecule has 2 aromatic rings. The van der Waals surface area contributed by atoms with Gasteiger partial charge in [-0.25, -0.2) is 4.68 Å². The summed E-state index contributed by atoms with van der Waals surface area (Å²) in [4.78, 5) is 22.3. The Morgan fingerprint density at radius 1 is 1.36 bits per heavy atom. The van der Waals surface area contributed by atoms with Crippen molar-refractivity contribution in [2.75, 3.05) is 13.7 Å². The van der Waals surface area contributed by atoms with E-state index in [1.54, 1.807) is 18.2 Å². The molecule has 22 heavy (non-hydrogen) atoms. The zero-order valence-electron chi connectivity index (χ0n) is 12.1. The lowest BCUT2D eigenvalue weighted by atomic mass is 10.1. The van der Waals surface area contributed by atoms with Crippen molar-refractivity contribution < 1.29 is 9.66 Å². The SMILES string of the molecule is COCCn1nc(-c2ccc([N+](=O)[O-])cc2)cc(CN)c1=O. The monoisotopic (exact) mass is 304 g/mol. The van der Waals surface area contributed by atoms with Crippen molar-refractivity contribution in [2.45, 2.75) is 13.1 Å². The summed E-state index contributed by atoms with van der Waals surface area (Å²) in [6.45, 7) is 0.748. The van der Waals surface area contributed by atoms with Crippen molar-refractivity contribution in [3.8, 4) is 11.3 Å². The minimum atomic E-state index is -0.470. The van der Waals surface area contributed by atoms with Crippen LogP contribution < -0.4 is 11.3 Å². The van der Waals surface area contributed by atoms with Crippen LogP contribution in [0.2, 0.25) is 0 Å². The molecule has 1 heterocycles. The Hall–Kier alpha value is -2.58. The molecular formula is C14H16N4O4. The second kappa shape index (κ2) is 6.92. The fourth-order valence-electron chi connectivity index (χ4n) is 1.97. The molecule has 0 atom stereocenters. The molecule has 0 amide bonds. The molecule has 0 unspecified atom stereocenters. The molecule has 8 nitrogen and oxygen atoms in total. The second-order valence-corrected chi connectivity index (χ2v) is 4.58. The van der Waals surface area contributed by atoms with Gasteiger partial charge in [0.05, 0.1) is 23.8 Å². The Morgan fingerprint density at radius 2 is 2.05 bits per heavy atom. The number of methoxy groups -OCH3 is 1. The molecule has 2 rings (SSSR count). The minimum Gasteiger partial charge on any atom is -0.383 e. The van der Waals surface area contributed by atoms with Gasteiger partial charge in [0.15, 0.2) is 0 Å². The fraction of sp³-hybridized carbons (Fsp3) is 0.286. The second-order valence-electron chi connectivity index (χ2n) is 4.58. The third-order valence-electron chi connectivity index (χ3n) is 3.15. The quantitative estimate of drug-likeness (QED) is 0.627. The predicted octanol–water partition coefficient (Wildman–Crippen LogP) is 0.924. The van der Waals surface area contributed by atoms with Gasteiger partial charge < -0.3 is 10.5 Å². The summed E-state index contributed by atoms with van der Waals surface area (Å²) in [5, 5.41) is 14.9. The lowest BCUT2D eigenvalue weighted by Gasteiger charge is -2.09. The van der Waals surface area contributed by atoms with Crippen molar-refractivity contribution in [1.82, 2.24) is 9.78 Å². The molecule has 116 valence electrons. The van der Waals surface area contributed by atoms with Crippen molar-refractivity contribution in [3.63, 3.8) is 0 Å². The van der Waals surface area contributed by atoms with Crippen LogP contribution in [0.3, 0.4) is 0 Å². The number of benzene rings is 1. The number of nitro benzene ring substituents is 1. The number of ether oxygens (including phenoxy) is 1. The predicted molar refractivity (Wildman–Crippen MR) is 80.4 cm³/mol. The smallest absolute Gasteiger partial charge is 0.271 e. The topological polar surface area (TPSA) is 113 Å². The minimum absolute atomic E-state index is 0.00416. The van der Waals surface area contributed by atoms with Crippen LogP contribution in [-0.4, -0.2) is 28.4 Å². The van der Waals surface area contributed by atoms with Gasteiger partial charge in [-0.2, -0.15) is 5.10 Å². The third kappa shape index (κ3) is 3.35. The molecule has 0 bridgehead atoms. The van der Waals surface area contributed by atoms with E-state index in [1.807, 2.05) is 0 Å². The van der Waals surface area contributed by atoms with E-state index < -0.39 is 4.92 Å². The van der Waals surface area contributed by atoms with E-state index in [-0.39, 0.29) is 17.8 Å². The molecule has 8 heteroatoms. The van der Waals surface area contributed by atoms with E-state index >= 15 is 0 Å². The highest BCUT2D eigenvalue weighted by molar-refractivity contribution is 5.60. The highest BCUT2D eigenvalue weighted by atomic mass is 16.6. The van der Waals surface area contributed by atoms with E-state index in [4.69, 9.17) is 10.5 Å². The molecule has 0 fully saturated rings. The first kappa shape index (κ1) is 15.8. The molecule has 0 aliphatic carbocycles. The van der Waals surface area contributed by atoms with Crippen LogP contribution in [0.15, 0.2) is 35.1 Å². The van der Waals surface area contributed by atoms with Crippen LogP contribution in [0.5, 0.6) is 0 Å². The zero-order valence-corrected chi connectivity index (χ0v) is 12.1. The van der Waals surface area contributed by atoms with Gasteiger partial charge in [0, 0.05) is 36.9 Å². The molecule has 0 saturated heterocycles. The Morgan fingerprint density at radius 3 is 2.59 bits per heavy atom. The maximum Gasteiger partial charge on any atom is 0.271 e. The summed E-state index contributed by atoms with van der Waals surface area (Å²) in [6, 6.07) is 7.57. The fourth-order valence-corrected chi connectivity index (χ4v) is 1.97. The van der Waals surface area contributed by atoms with Gasteiger partial charge in [0.1, 0.15) is 0 Å². The van der Waals surface area contributed by atoms with E-state index in [1.165, 1.54) is 23.9 Å². The average Bonchev–Trinajstić information content (AvgIpc) is 2.54. The van der Waals surface area contributed by atoms with E-state index in [0.29, 0.717) is 30.0 Å². The summed E-state index contributed by atoms with van der Waals surface area (Å²) in [7, 11) is 1.54. The first-order chi connectivity index (χ1) is 10.6. The Bertz CT molecular complexity index is 725. The summed E-state index contributed by atoms with van der Waals surface area (Å²) in [5.41, 5.74) is 6.97. The molecule has 0 saturated carbocycles. The van der Waals surface area contributed by atoms with Gasteiger partial charge in [0.2, 0.25) is 0 Å². The zero-order chi connectivity index (χ0) is 16.1. The number of hydrogen-bond donors (Lipinski definition) is 1. The number of nitrogens with zero attached hydrogens (tertiary/aromatic N) is 3. The molecule has 0 aliphatic heterocycles. The molecule has 1 aromatic carbocycles.